The van der Waals surface area contributed by atoms with Gasteiger partial charge >= 0.3 is 0 Å². The molecule has 28 heavy (non-hydrogen) atoms. The van der Waals surface area contributed by atoms with Crippen LogP contribution >= 0.6 is 0 Å². The van der Waals surface area contributed by atoms with Gasteiger partial charge in [-0.1, -0.05) is 25.0 Å². The molecule has 1 saturated carbocycles. The Morgan fingerprint density at radius 1 is 0.929 bits per heavy atom. The van der Waals surface area contributed by atoms with E-state index in [2.05, 4.69) is 10.6 Å². The normalized spacial score (nSPS) is 17.8. The fourth-order valence-corrected chi connectivity index (χ4v) is 4.27. The van der Waals surface area contributed by atoms with Crippen molar-refractivity contribution in [3.63, 3.8) is 0 Å². The molecular weight excluding hydrogens is 354 g/mol. The van der Waals surface area contributed by atoms with Crippen LogP contribution in [0.4, 0.5) is 11.4 Å². The van der Waals surface area contributed by atoms with Gasteiger partial charge in [-0.25, -0.2) is 0 Å². The Kier molecular flexibility index (Phi) is 5.46. The number of carbonyl (C=O) groups is 1. The fraction of sp³-hybridized carbons (Fsp3) is 0.500. The minimum atomic E-state index is -0.423. The number of anilines is 2. The molecule has 148 valence electrons. The van der Waals surface area contributed by atoms with Gasteiger partial charge in [0.2, 0.25) is 0 Å². The highest BCUT2D eigenvalue weighted by Gasteiger charge is 2.26. The van der Waals surface area contributed by atoms with Crippen molar-refractivity contribution in [3.05, 3.63) is 55.8 Å². The zero-order valence-corrected chi connectivity index (χ0v) is 16.1. The van der Waals surface area contributed by atoms with Crippen LogP contribution in [0.25, 0.3) is 0 Å². The van der Waals surface area contributed by atoms with Crippen LogP contribution < -0.4 is 26.4 Å². The third-order valence-corrected chi connectivity index (χ3v) is 5.93. The topological polar surface area (TPSA) is 78.5 Å². The largest absolute Gasteiger partial charge is 0.376 e. The number of nitrogens with one attached hydrogen (secondary N) is 2. The predicted molar refractivity (Wildman–Crippen MR) is 111 cm³/mol. The van der Waals surface area contributed by atoms with Gasteiger partial charge < -0.3 is 15.5 Å². The number of amides is 1. The molecule has 6 heteroatoms. The molecule has 1 aliphatic carbocycles. The number of hydrogen-bond acceptors (Lipinski definition) is 5. The van der Waals surface area contributed by atoms with Crippen LogP contribution in [0.3, 0.4) is 0 Å². The highest BCUT2D eigenvalue weighted by atomic mass is 16.2. The first-order valence-electron chi connectivity index (χ1n) is 10.4. The average Bonchev–Trinajstić information content (AvgIpc) is 3.24. The van der Waals surface area contributed by atoms with E-state index in [1.807, 2.05) is 29.2 Å². The molecule has 1 amide bonds. The third-order valence-electron chi connectivity index (χ3n) is 5.93. The second-order valence-electron chi connectivity index (χ2n) is 7.93. The average molecular weight is 381 g/mol. The second kappa shape index (κ2) is 8.17. The minimum absolute atomic E-state index is 0.0266. The first-order chi connectivity index (χ1) is 13.6. The summed E-state index contributed by atoms with van der Waals surface area (Å²) in [4.78, 5) is 38.3. The summed E-state index contributed by atoms with van der Waals surface area (Å²) in [6, 6.07) is 7.71. The SMILES string of the molecule is O=C(NC1CCCC1)c1ccc(CNc2c(N3CCCCC3)c(=O)c2=O)cc1. The van der Waals surface area contributed by atoms with E-state index < -0.39 is 5.43 Å². The lowest BCUT2D eigenvalue weighted by Gasteiger charge is -2.30. The van der Waals surface area contributed by atoms with E-state index in [1.54, 1.807) is 0 Å². The van der Waals surface area contributed by atoms with Crippen LogP contribution in [0.15, 0.2) is 33.9 Å². The Morgan fingerprint density at radius 3 is 2.29 bits per heavy atom. The summed E-state index contributed by atoms with van der Waals surface area (Å²) in [5, 5.41) is 6.22. The number of carbonyl (C=O) groups excluding carboxylic acids is 1. The van der Waals surface area contributed by atoms with Gasteiger partial charge in [0.25, 0.3) is 16.8 Å². The van der Waals surface area contributed by atoms with Gasteiger partial charge in [0, 0.05) is 31.2 Å². The van der Waals surface area contributed by atoms with Gasteiger partial charge in [-0.2, -0.15) is 0 Å². The summed E-state index contributed by atoms with van der Waals surface area (Å²) in [5.41, 5.74) is 1.82. The van der Waals surface area contributed by atoms with Gasteiger partial charge in [-0.15, -0.1) is 0 Å². The molecule has 0 aromatic heterocycles. The molecular formula is C22H27N3O3. The summed E-state index contributed by atoms with van der Waals surface area (Å²) in [6.45, 7) is 2.13. The van der Waals surface area contributed by atoms with Gasteiger partial charge in [0.05, 0.1) is 0 Å². The molecule has 1 saturated heterocycles. The Morgan fingerprint density at radius 2 is 1.61 bits per heavy atom. The molecule has 6 nitrogen and oxygen atoms in total. The van der Waals surface area contributed by atoms with Crippen molar-refractivity contribution in [3.8, 4) is 0 Å². The van der Waals surface area contributed by atoms with Gasteiger partial charge in [0.1, 0.15) is 11.4 Å². The molecule has 1 aliphatic heterocycles. The molecule has 4 rings (SSSR count). The molecule has 0 spiro atoms. The summed E-state index contributed by atoms with van der Waals surface area (Å²) in [7, 11) is 0. The third kappa shape index (κ3) is 3.81. The lowest BCUT2D eigenvalue weighted by molar-refractivity contribution is 0.0938. The van der Waals surface area contributed by atoms with Gasteiger partial charge in [-0.05, 0) is 49.8 Å². The summed E-state index contributed by atoms with van der Waals surface area (Å²) in [6.07, 6.45) is 7.79. The second-order valence-corrected chi connectivity index (χ2v) is 7.93. The van der Waals surface area contributed by atoms with Crippen molar-refractivity contribution in [2.75, 3.05) is 23.3 Å². The number of hydrogen-bond donors (Lipinski definition) is 2. The molecule has 0 unspecified atom stereocenters. The van der Waals surface area contributed by atoms with Crippen LogP contribution in [-0.4, -0.2) is 25.0 Å². The van der Waals surface area contributed by atoms with E-state index in [4.69, 9.17) is 0 Å². The minimum Gasteiger partial charge on any atom is -0.376 e. The first kappa shape index (κ1) is 18.7. The van der Waals surface area contributed by atoms with E-state index in [0.717, 1.165) is 44.3 Å². The Labute approximate surface area is 164 Å². The van der Waals surface area contributed by atoms with Crippen molar-refractivity contribution >= 4 is 17.3 Å². The number of nitrogens with zero attached hydrogens (tertiary/aromatic N) is 1. The molecule has 2 aromatic carbocycles. The number of rotatable bonds is 6. The molecule has 2 N–H and O–H groups in total. The Hall–Kier alpha value is -2.63. The van der Waals surface area contributed by atoms with E-state index in [0.29, 0.717) is 29.5 Å². The van der Waals surface area contributed by atoms with Crippen molar-refractivity contribution in [2.24, 2.45) is 0 Å². The standard InChI is InChI=1S/C22H27N3O3/c26-20-18(19(21(20)27)25-12-4-1-5-13-25)23-14-15-8-10-16(11-9-15)22(28)24-17-6-2-3-7-17/h8-11,17,23H,1-7,12-14H2,(H,24,28). The van der Waals surface area contributed by atoms with E-state index >= 15 is 0 Å². The van der Waals surface area contributed by atoms with Crippen molar-refractivity contribution in [1.82, 2.24) is 5.32 Å². The molecule has 1 heterocycles. The van der Waals surface area contributed by atoms with Gasteiger partial charge in [0.15, 0.2) is 0 Å². The first-order valence-corrected chi connectivity index (χ1v) is 10.4. The van der Waals surface area contributed by atoms with Crippen LogP contribution in [0, 0.1) is 0 Å². The van der Waals surface area contributed by atoms with E-state index in [1.165, 1.54) is 19.3 Å². The number of benzene rings is 1. The van der Waals surface area contributed by atoms with E-state index in [-0.39, 0.29) is 11.3 Å². The monoisotopic (exact) mass is 381 g/mol. The van der Waals surface area contributed by atoms with E-state index in [9.17, 15) is 14.4 Å². The zero-order chi connectivity index (χ0) is 19.5. The Bertz CT molecular complexity index is 900. The quantitative estimate of drug-likeness (QED) is 0.752. The zero-order valence-electron chi connectivity index (χ0n) is 16.1. The molecule has 0 radical (unpaired) electrons. The smallest absolute Gasteiger partial charge is 0.253 e. The van der Waals surface area contributed by atoms with Crippen molar-refractivity contribution < 1.29 is 4.79 Å². The summed E-state index contributed by atoms with van der Waals surface area (Å²) in [5.74, 6) is -0.0266. The maximum Gasteiger partial charge on any atom is 0.253 e. The van der Waals surface area contributed by atoms with Crippen LogP contribution in [0.2, 0.25) is 0 Å². The maximum atomic E-state index is 12.3. The lowest BCUT2D eigenvalue weighted by atomic mass is 10.1. The van der Waals surface area contributed by atoms with Crippen molar-refractivity contribution in [1.29, 1.82) is 0 Å². The highest BCUT2D eigenvalue weighted by Crippen LogP contribution is 2.24. The van der Waals surface area contributed by atoms with Crippen LogP contribution in [-0.2, 0) is 6.54 Å². The van der Waals surface area contributed by atoms with Crippen LogP contribution in [0.5, 0.6) is 0 Å². The Balaban J connectivity index is 1.36. The predicted octanol–water partition coefficient (Wildman–Crippen LogP) is 2.56. The summed E-state index contributed by atoms with van der Waals surface area (Å²) < 4.78 is 0. The van der Waals surface area contributed by atoms with Gasteiger partial charge in [-0.3, -0.25) is 14.4 Å². The number of piperidine rings is 1. The summed E-state index contributed by atoms with van der Waals surface area (Å²) >= 11 is 0. The maximum absolute atomic E-state index is 12.3. The van der Waals surface area contributed by atoms with Crippen molar-refractivity contribution in [2.45, 2.75) is 57.5 Å². The fourth-order valence-electron chi connectivity index (χ4n) is 4.27. The van der Waals surface area contributed by atoms with Crippen LogP contribution in [0.1, 0.15) is 60.9 Å². The molecule has 2 aliphatic rings. The molecule has 0 atom stereocenters. The molecule has 0 bridgehead atoms. The lowest BCUT2D eigenvalue weighted by Crippen LogP contribution is -2.44. The molecule has 2 aromatic rings. The highest BCUT2D eigenvalue weighted by molar-refractivity contribution is 5.94. The molecule has 2 fully saturated rings.